The Balaban J connectivity index is 3.90. The molecule has 0 spiro atoms. The van der Waals surface area contributed by atoms with E-state index in [1.54, 1.807) is 13.8 Å². The molecule has 2 atom stereocenters. The van der Waals surface area contributed by atoms with E-state index in [-0.39, 0.29) is 50.2 Å². The third kappa shape index (κ3) is 11.4. The Hall–Kier alpha value is -2.20. The smallest absolute Gasteiger partial charge is 0.251 e. The zero-order valence-electron chi connectivity index (χ0n) is 15.3. The van der Waals surface area contributed by atoms with Crippen LogP contribution in [0.25, 0.3) is 0 Å². The molecule has 26 heavy (non-hydrogen) atoms. The Morgan fingerprint density at radius 1 is 0.731 bits per heavy atom. The molecule has 150 valence electrons. The normalized spacial score (nSPS) is 12.6. The Labute approximate surface area is 153 Å². The van der Waals surface area contributed by atoms with Crippen molar-refractivity contribution in [2.45, 2.75) is 51.7 Å². The van der Waals surface area contributed by atoms with E-state index in [4.69, 9.17) is 0 Å². The maximum Gasteiger partial charge on any atom is 0.251 e. The van der Waals surface area contributed by atoms with Gasteiger partial charge < -0.3 is 31.5 Å². The first-order valence-electron chi connectivity index (χ1n) is 8.75. The lowest BCUT2D eigenvalue weighted by Gasteiger charge is -2.17. The van der Waals surface area contributed by atoms with Gasteiger partial charge in [-0.25, -0.2) is 0 Å². The van der Waals surface area contributed by atoms with Crippen LogP contribution in [0, 0.1) is 0 Å². The van der Waals surface area contributed by atoms with E-state index in [1.165, 1.54) is 0 Å². The predicted molar refractivity (Wildman–Crippen MR) is 93.9 cm³/mol. The predicted octanol–water partition coefficient (Wildman–Crippen LogP) is -2.23. The fraction of sp³-hybridized carbons (Fsp3) is 0.750. The molecule has 0 saturated heterocycles. The summed E-state index contributed by atoms with van der Waals surface area (Å²) in [7, 11) is 0. The van der Waals surface area contributed by atoms with E-state index >= 15 is 0 Å². The van der Waals surface area contributed by atoms with Crippen LogP contribution >= 0.6 is 0 Å². The van der Waals surface area contributed by atoms with Crippen molar-refractivity contribution in [1.82, 2.24) is 21.3 Å². The first-order valence-corrected chi connectivity index (χ1v) is 8.75. The molecule has 0 radical (unpaired) electrons. The van der Waals surface area contributed by atoms with Gasteiger partial charge >= 0.3 is 0 Å². The summed E-state index contributed by atoms with van der Waals surface area (Å²) in [5.74, 6) is -1.39. The molecule has 0 aliphatic carbocycles. The topological polar surface area (TPSA) is 157 Å². The van der Waals surface area contributed by atoms with Gasteiger partial charge in [0.25, 0.3) is 5.91 Å². The second-order valence-corrected chi connectivity index (χ2v) is 5.60. The van der Waals surface area contributed by atoms with Gasteiger partial charge in [-0.05, 0) is 6.42 Å². The second-order valence-electron chi connectivity index (χ2n) is 5.60. The number of nitrogens with one attached hydrogen (secondary N) is 4. The molecule has 6 N–H and O–H groups in total. The van der Waals surface area contributed by atoms with Crippen LogP contribution in [0.1, 0.15) is 39.5 Å². The highest BCUT2D eigenvalue weighted by Crippen LogP contribution is 2.03. The van der Waals surface area contributed by atoms with Crippen molar-refractivity contribution >= 4 is 23.6 Å². The fourth-order valence-corrected chi connectivity index (χ4v) is 1.85. The third-order valence-electron chi connectivity index (χ3n) is 3.46. The highest BCUT2D eigenvalue weighted by molar-refractivity contribution is 5.81. The number of aliphatic hydroxyl groups excluding tert-OH is 2. The molecule has 0 bridgehead atoms. The van der Waals surface area contributed by atoms with Gasteiger partial charge in [0.05, 0.1) is 6.10 Å². The quantitative estimate of drug-likeness (QED) is 0.200. The molecule has 0 heterocycles. The van der Waals surface area contributed by atoms with Gasteiger partial charge in [0.2, 0.25) is 17.7 Å². The van der Waals surface area contributed by atoms with E-state index in [9.17, 15) is 29.4 Å². The summed E-state index contributed by atoms with van der Waals surface area (Å²) < 4.78 is 0. The van der Waals surface area contributed by atoms with Crippen molar-refractivity contribution in [3.63, 3.8) is 0 Å². The number of aliphatic hydroxyl groups is 2. The lowest BCUT2D eigenvalue weighted by atomic mass is 10.1. The van der Waals surface area contributed by atoms with Crippen molar-refractivity contribution in [2.24, 2.45) is 0 Å². The lowest BCUT2D eigenvalue weighted by molar-refractivity contribution is -0.136. The van der Waals surface area contributed by atoms with Crippen molar-refractivity contribution in [3.05, 3.63) is 0 Å². The van der Waals surface area contributed by atoms with E-state index in [0.717, 1.165) is 0 Å². The van der Waals surface area contributed by atoms with Crippen LogP contribution in [0.4, 0.5) is 0 Å². The van der Waals surface area contributed by atoms with Crippen LogP contribution in [0.15, 0.2) is 0 Å². The van der Waals surface area contributed by atoms with Gasteiger partial charge in [-0.2, -0.15) is 0 Å². The van der Waals surface area contributed by atoms with Gasteiger partial charge in [0, 0.05) is 45.4 Å². The number of rotatable bonds is 13. The van der Waals surface area contributed by atoms with Crippen LogP contribution in [-0.4, -0.2) is 72.2 Å². The minimum absolute atomic E-state index is 0.0697. The molecule has 0 rings (SSSR count). The molecule has 4 amide bonds. The van der Waals surface area contributed by atoms with Crippen molar-refractivity contribution in [1.29, 1.82) is 0 Å². The summed E-state index contributed by atoms with van der Waals surface area (Å²) >= 11 is 0. The summed E-state index contributed by atoms with van der Waals surface area (Å²) in [6, 6.07) is 0. The molecule has 10 heteroatoms. The summed E-state index contributed by atoms with van der Waals surface area (Å²) in [5.41, 5.74) is 0. The number of hydrogen-bond acceptors (Lipinski definition) is 6. The Morgan fingerprint density at radius 2 is 1.15 bits per heavy atom. The van der Waals surface area contributed by atoms with E-state index in [1.807, 2.05) is 0 Å². The van der Waals surface area contributed by atoms with Crippen molar-refractivity contribution in [2.75, 3.05) is 26.2 Å². The minimum atomic E-state index is -1.66. The first kappa shape index (κ1) is 23.8. The molecule has 0 aliphatic heterocycles. The van der Waals surface area contributed by atoms with Crippen LogP contribution < -0.4 is 21.3 Å². The molecule has 0 aromatic heterocycles. The Bertz CT molecular complexity index is 472. The molecule has 10 nitrogen and oxygen atoms in total. The number of hydrogen-bond donors (Lipinski definition) is 6. The molecule has 0 aromatic carbocycles. The molecule has 0 unspecified atom stereocenters. The van der Waals surface area contributed by atoms with Crippen molar-refractivity contribution < 1.29 is 29.4 Å². The van der Waals surface area contributed by atoms with E-state index in [2.05, 4.69) is 21.3 Å². The summed E-state index contributed by atoms with van der Waals surface area (Å²) in [4.78, 5) is 45.3. The number of amides is 4. The fourth-order valence-electron chi connectivity index (χ4n) is 1.85. The zero-order valence-corrected chi connectivity index (χ0v) is 15.3. The molecule has 0 aromatic rings. The van der Waals surface area contributed by atoms with Gasteiger partial charge in [0.1, 0.15) is 0 Å². The number of carbonyl (C=O) groups excluding carboxylic acids is 4. The van der Waals surface area contributed by atoms with Crippen LogP contribution in [-0.2, 0) is 19.2 Å². The standard InChI is InChI=1S/C16H30N4O6/c1-3-12(22)17-7-8-19-14(24)6-5-11(21)15(25)16(26)20-10-9-18-13(23)4-2/h11,15,21,25H,3-10H2,1-2H3,(H,17,22)(H,18,23)(H,19,24)(H,20,26)/t11-,15+/m1/s1. The van der Waals surface area contributed by atoms with E-state index in [0.29, 0.717) is 19.4 Å². The minimum Gasteiger partial charge on any atom is -0.390 e. The monoisotopic (exact) mass is 374 g/mol. The molecule has 0 fully saturated rings. The Kier molecular flexibility index (Phi) is 12.8. The average molecular weight is 374 g/mol. The number of carbonyl (C=O) groups is 4. The SMILES string of the molecule is CCC(=O)NCCNC(=O)CC[C@@H](O)[C@H](O)C(=O)NCCNC(=O)CC. The maximum absolute atomic E-state index is 11.7. The van der Waals surface area contributed by atoms with Gasteiger partial charge in [0.15, 0.2) is 6.10 Å². The molecule has 0 aliphatic rings. The maximum atomic E-state index is 11.7. The summed E-state index contributed by atoms with van der Waals surface area (Å²) in [5, 5.41) is 29.6. The first-order chi connectivity index (χ1) is 12.3. The second kappa shape index (κ2) is 14.0. The zero-order chi connectivity index (χ0) is 19.9. The molecular formula is C16H30N4O6. The molecular weight excluding hydrogens is 344 g/mol. The Morgan fingerprint density at radius 3 is 1.62 bits per heavy atom. The lowest BCUT2D eigenvalue weighted by Crippen LogP contribution is -2.45. The summed E-state index contributed by atoms with van der Waals surface area (Å²) in [6.07, 6.45) is -2.50. The van der Waals surface area contributed by atoms with Crippen LogP contribution in [0.2, 0.25) is 0 Å². The average Bonchev–Trinajstić information content (AvgIpc) is 2.65. The summed E-state index contributed by atoms with van der Waals surface area (Å²) in [6.45, 7) is 4.33. The molecule has 0 saturated carbocycles. The highest BCUT2D eigenvalue weighted by Gasteiger charge is 2.24. The van der Waals surface area contributed by atoms with Crippen LogP contribution in [0.3, 0.4) is 0 Å². The van der Waals surface area contributed by atoms with Crippen LogP contribution in [0.5, 0.6) is 0 Å². The van der Waals surface area contributed by atoms with Gasteiger partial charge in [-0.15, -0.1) is 0 Å². The third-order valence-corrected chi connectivity index (χ3v) is 3.46. The largest absolute Gasteiger partial charge is 0.390 e. The highest BCUT2D eigenvalue weighted by atomic mass is 16.3. The van der Waals surface area contributed by atoms with Crippen molar-refractivity contribution in [3.8, 4) is 0 Å². The van der Waals surface area contributed by atoms with Gasteiger partial charge in [-0.1, -0.05) is 13.8 Å². The van der Waals surface area contributed by atoms with E-state index < -0.39 is 18.1 Å². The van der Waals surface area contributed by atoms with Gasteiger partial charge in [-0.3, -0.25) is 19.2 Å².